The molecule has 0 saturated heterocycles. The zero-order valence-corrected chi connectivity index (χ0v) is 12.7. The van der Waals surface area contributed by atoms with Crippen molar-refractivity contribution < 1.29 is 31.9 Å². The molecule has 122 valence electrons. The van der Waals surface area contributed by atoms with Crippen molar-refractivity contribution in [3.8, 4) is 0 Å². The predicted molar refractivity (Wildman–Crippen MR) is 78.6 cm³/mol. The lowest BCUT2D eigenvalue weighted by Gasteiger charge is -2.09. The average molecular weight is 341 g/mol. The van der Waals surface area contributed by atoms with Gasteiger partial charge in [-0.1, -0.05) is 0 Å². The Hall–Kier alpha value is -2.68. The topological polar surface area (TPSA) is 114 Å². The van der Waals surface area contributed by atoms with E-state index in [-0.39, 0.29) is 17.0 Å². The summed E-state index contributed by atoms with van der Waals surface area (Å²) >= 11 is 0. The van der Waals surface area contributed by atoms with E-state index in [4.69, 9.17) is 9.52 Å². The Morgan fingerprint density at radius 2 is 1.87 bits per heavy atom. The third-order valence-electron chi connectivity index (χ3n) is 2.77. The highest BCUT2D eigenvalue weighted by Crippen LogP contribution is 2.21. The van der Waals surface area contributed by atoms with E-state index in [9.17, 15) is 22.4 Å². The molecule has 23 heavy (non-hydrogen) atoms. The minimum absolute atomic E-state index is 0.0749. The summed E-state index contributed by atoms with van der Waals surface area (Å²) in [6, 6.07) is 5.56. The van der Waals surface area contributed by atoms with Crippen LogP contribution < -0.4 is 5.32 Å². The quantitative estimate of drug-likeness (QED) is 0.859. The number of carbonyl (C=O) groups is 2. The molecule has 0 bridgehead atoms. The van der Waals surface area contributed by atoms with Gasteiger partial charge in [0.25, 0.3) is 5.91 Å². The minimum Gasteiger partial charge on any atom is -0.475 e. The van der Waals surface area contributed by atoms with Crippen LogP contribution in [0, 0.1) is 5.82 Å². The van der Waals surface area contributed by atoms with Crippen LogP contribution in [0.5, 0.6) is 0 Å². The molecule has 1 aromatic heterocycles. The molecule has 0 aliphatic carbocycles. The number of nitrogens with one attached hydrogen (secondary N) is 1. The van der Waals surface area contributed by atoms with Crippen LogP contribution in [0.1, 0.15) is 26.7 Å². The number of furan rings is 1. The van der Waals surface area contributed by atoms with Crippen molar-refractivity contribution in [1.29, 1.82) is 0 Å². The van der Waals surface area contributed by atoms with E-state index in [1.807, 2.05) is 0 Å². The number of rotatable bonds is 5. The smallest absolute Gasteiger partial charge is 0.371 e. The summed E-state index contributed by atoms with van der Waals surface area (Å²) in [4.78, 5) is 22.7. The van der Waals surface area contributed by atoms with Crippen LogP contribution in [-0.4, -0.2) is 31.7 Å². The Balaban J connectivity index is 2.28. The molecule has 0 fully saturated rings. The largest absolute Gasteiger partial charge is 0.475 e. The van der Waals surface area contributed by atoms with Gasteiger partial charge >= 0.3 is 5.97 Å². The average Bonchev–Trinajstić information content (AvgIpc) is 2.90. The SMILES string of the molecule is CS(=O)(=O)Cc1cc(F)ccc1NC(=O)c1ccc(C(=O)O)o1. The highest BCUT2D eigenvalue weighted by molar-refractivity contribution is 7.89. The fourth-order valence-corrected chi connectivity index (χ4v) is 2.65. The molecule has 0 radical (unpaired) electrons. The molecule has 0 atom stereocenters. The summed E-state index contributed by atoms with van der Waals surface area (Å²) in [7, 11) is -3.44. The zero-order chi connectivity index (χ0) is 17.2. The van der Waals surface area contributed by atoms with Gasteiger partial charge in [0.1, 0.15) is 5.82 Å². The standard InChI is InChI=1S/C14H12FNO6S/c1-23(20,21)7-8-6-9(15)2-3-10(8)16-13(17)11-4-5-12(22-11)14(18)19/h2-6H,7H2,1H3,(H,16,17)(H,18,19). The maximum atomic E-state index is 13.3. The number of aromatic carboxylic acids is 1. The molecule has 1 amide bonds. The second kappa shape index (κ2) is 6.21. The first-order valence-corrected chi connectivity index (χ1v) is 8.32. The number of hydrogen-bond acceptors (Lipinski definition) is 5. The van der Waals surface area contributed by atoms with Crippen molar-refractivity contribution >= 4 is 27.4 Å². The molecule has 0 saturated carbocycles. The number of anilines is 1. The Morgan fingerprint density at radius 3 is 2.43 bits per heavy atom. The summed E-state index contributed by atoms with van der Waals surface area (Å²) in [5, 5.41) is 11.1. The number of amides is 1. The lowest BCUT2D eigenvalue weighted by atomic mass is 10.2. The third-order valence-corrected chi connectivity index (χ3v) is 3.61. The van der Waals surface area contributed by atoms with Crippen molar-refractivity contribution in [1.82, 2.24) is 0 Å². The maximum absolute atomic E-state index is 13.3. The summed E-state index contributed by atoms with van der Waals surface area (Å²) in [6.07, 6.45) is 0.981. The predicted octanol–water partition coefficient (Wildman–Crippen LogP) is 1.91. The fourth-order valence-electron chi connectivity index (χ4n) is 1.84. The van der Waals surface area contributed by atoms with E-state index in [0.717, 1.165) is 24.5 Å². The first-order chi connectivity index (χ1) is 10.7. The molecule has 1 aromatic carbocycles. The lowest BCUT2D eigenvalue weighted by molar-refractivity contribution is 0.0660. The number of benzene rings is 1. The van der Waals surface area contributed by atoms with Gasteiger partial charge in [-0.15, -0.1) is 0 Å². The van der Waals surface area contributed by atoms with Crippen LogP contribution in [0.15, 0.2) is 34.7 Å². The van der Waals surface area contributed by atoms with E-state index in [2.05, 4.69) is 5.32 Å². The van der Waals surface area contributed by atoms with Crippen LogP contribution in [0.2, 0.25) is 0 Å². The number of carboxylic acids is 1. The van der Waals surface area contributed by atoms with Crippen molar-refractivity contribution in [2.75, 3.05) is 11.6 Å². The van der Waals surface area contributed by atoms with Crippen molar-refractivity contribution in [2.24, 2.45) is 0 Å². The Labute approximate surface area is 130 Å². The van der Waals surface area contributed by atoms with Crippen molar-refractivity contribution in [3.05, 3.63) is 53.2 Å². The number of halogens is 1. The van der Waals surface area contributed by atoms with Crippen LogP contribution in [0.3, 0.4) is 0 Å². The Bertz CT molecular complexity index is 871. The Kier molecular flexibility index (Phi) is 4.50. The molecule has 2 N–H and O–H groups in total. The van der Waals surface area contributed by atoms with Gasteiger partial charge in [-0.05, 0) is 35.9 Å². The molecule has 1 heterocycles. The van der Waals surface area contributed by atoms with Gasteiger partial charge < -0.3 is 14.8 Å². The van der Waals surface area contributed by atoms with Gasteiger partial charge in [-0.25, -0.2) is 17.6 Å². The molecule has 0 aliphatic heterocycles. The van der Waals surface area contributed by atoms with E-state index in [0.29, 0.717) is 0 Å². The first-order valence-electron chi connectivity index (χ1n) is 6.26. The molecule has 7 nitrogen and oxygen atoms in total. The van der Waals surface area contributed by atoms with Gasteiger partial charge in [0.05, 0.1) is 5.75 Å². The molecule has 0 unspecified atom stereocenters. The highest BCUT2D eigenvalue weighted by Gasteiger charge is 2.17. The number of hydrogen-bond donors (Lipinski definition) is 2. The van der Waals surface area contributed by atoms with Gasteiger partial charge in [-0.2, -0.15) is 0 Å². The summed E-state index contributed by atoms with van der Waals surface area (Å²) < 4.78 is 40.9. The molecular formula is C14H12FNO6S. The van der Waals surface area contributed by atoms with Crippen molar-refractivity contribution in [2.45, 2.75) is 5.75 Å². The van der Waals surface area contributed by atoms with Crippen LogP contribution >= 0.6 is 0 Å². The Morgan fingerprint density at radius 1 is 1.22 bits per heavy atom. The normalized spacial score (nSPS) is 11.2. The summed E-state index contributed by atoms with van der Waals surface area (Å²) in [5.41, 5.74) is 0.168. The van der Waals surface area contributed by atoms with E-state index in [1.54, 1.807) is 0 Å². The second-order valence-electron chi connectivity index (χ2n) is 4.79. The van der Waals surface area contributed by atoms with Gasteiger partial charge in [-0.3, -0.25) is 4.79 Å². The first kappa shape index (κ1) is 16.7. The van der Waals surface area contributed by atoms with Crippen LogP contribution in [0.4, 0.5) is 10.1 Å². The third kappa shape index (κ3) is 4.39. The molecule has 9 heteroatoms. The molecule has 2 aromatic rings. The molecule has 0 aliphatic rings. The van der Waals surface area contributed by atoms with Gasteiger partial charge in [0, 0.05) is 11.9 Å². The fraction of sp³-hybridized carbons (Fsp3) is 0.143. The minimum atomic E-state index is -3.44. The maximum Gasteiger partial charge on any atom is 0.371 e. The second-order valence-corrected chi connectivity index (χ2v) is 6.93. The van der Waals surface area contributed by atoms with E-state index in [1.165, 1.54) is 12.1 Å². The zero-order valence-electron chi connectivity index (χ0n) is 11.9. The molecule has 2 rings (SSSR count). The van der Waals surface area contributed by atoms with Crippen LogP contribution in [0.25, 0.3) is 0 Å². The van der Waals surface area contributed by atoms with Crippen molar-refractivity contribution in [3.63, 3.8) is 0 Å². The number of carbonyl (C=O) groups excluding carboxylic acids is 1. The highest BCUT2D eigenvalue weighted by atomic mass is 32.2. The summed E-state index contributed by atoms with van der Waals surface area (Å²) in [6.45, 7) is 0. The van der Waals surface area contributed by atoms with E-state index >= 15 is 0 Å². The molecule has 0 spiro atoms. The number of sulfone groups is 1. The van der Waals surface area contributed by atoms with E-state index < -0.39 is 39.0 Å². The number of carboxylic acid groups (broad SMARTS) is 1. The van der Waals surface area contributed by atoms with Crippen LogP contribution in [-0.2, 0) is 15.6 Å². The van der Waals surface area contributed by atoms with Gasteiger partial charge in [0.2, 0.25) is 5.76 Å². The molecular weight excluding hydrogens is 329 g/mol. The van der Waals surface area contributed by atoms with Gasteiger partial charge in [0.15, 0.2) is 15.6 Å². The lowest BCUT2D eigenvalue weighted by Crippen LogP contribution is -2.14. The monoisotopic (exact) mass is 341 g/mol. The summed E-state index contributed by atoms with van der Waals surface area (Å²) in [5.74, 6) is -3.89.